The summed E-state index contributed by atoms with van der Waals surface area (Å²) in [4.78, 5) is 11.7. The Balaban J connectivity index is 2.13. The van der Waals surface area contributed by atoms with Crippen LogP contribution in [0.2, 0.25) is 0 Å². The van der Waals surface area contributed by atoms with Gasteiger partial charge in [0.1, 0.15) is 0 Å². The third-order valence-electron chi connectivity index (χ3n) is 3.40. The van der Waals surface area contributed by atoms with Crippen molar-refractivity contribution < 1.29 is 4.79 Å². The SMILES string of the molecule is CCSC1CCCC1NCC(=O)NCCC(C)C. The Bertz CT molecular complexity index is 246. The third-order valence-corrected chi connectivity index (χ3v) is 4.73. The van der Waals surface area contributed by atoms with Gasteiger partial charge in [-0.1, -0.05) is 27.2 Å². The van der Waals surface area contributed by atoms with Crippen LogP contribution in [0.1, 0.15) is 46.5 Å². The lowest BCUT2D eigenvalue weighted by Crippen LogP contribution is -2.42. The molecule has 0 aromatic carbocycles. The van der Waals surface area contributed by atoms with Gasteiger partial charge in [0.2, 0.25) is 5.91 Å². The van der Waals surface area contributed by atoms with Gasteiger partial charge in [-0.05, 0) is 30.9 Å². The van der Waals surface area contributed by atoms with Crippen molar-refractivity contribution in [3.8, 4) is 0 Å². The van der Waals surface area contributed by atoms with Crippen molar-refractivity contribution >= 4 is 17.7 Å². The maximum atomic E-state index is 11.7. The Hall–Kier alpha value is -0.220. The molecule has 2 atom stereocenters. The summed E-state index contributed by atoms with van der Waals surface area (Å²) in [5, 5.41) is 7.10. The van der Waals surface area contributed by atoms with Crippen LogP contribution in [0.4, 0.5) is 0 Å². The number of amides is 1. The van der Waals surface area contributed by atoms with Crippen LogP contribution >= 0.6 is 11.8 Å². The normalized spacial score (nSPS) is 23.6. The maximum Gasteiger partial charge on any atom is 0.233 e. The predicted molar refractivity (Wildman–Crippen MR) is 80.0 cm³/mol. The zero-order valence-corrected chi connectivity index (χ0v) is 12.8. The van der Waals surface area contributed by atoms with Gasteiger partial charge in [0.25, 0.3) is 0 Å². The lowest BCUT2D eigenvalue weighted by Gasteiger charge is -2.20. The third kappa shape index (κ3) is 6.10. The molecule has 1 aliphatic carbocycles. The molecule has 0 radical (unpaired) electrons. The van der Waals surface area contributed by atoms with Gasteiger partial charge in [-0.2, -0.15) is 11.8 Å². The maximum absolute atomic E-state index is 11.7. The van der Waals surface area contributed by atoms with Gasteiger partial charge in [0.05, 0.1) is 6.54 Å². The molecule has 106 valence electrons. The summed E-state index contributed by atoms with van der Waals surface area (Å²) in [6, 6.07) is 0.533. The summed E-state index contributed by atoms with van der Waals surface area (Å²) in [6.07, 6.45) is 4.87. The molecule has 18 heavy (non-hydrogen) atoms. The van der Waals surface area contributed by atoms with Crippen molar-refractivity contribution in [1.29, 1.82) is 0 Å². The van der Waals surface area contributed by atoms with E-state index in [2.05, 4.69) is 31.4 Å². The number of hydrogen-bond acceptors (Lipinski definition) is 3. The first-order chi connectivity index (χ1) is 8.63. The van der Waals surface area contributed by atoms with Crippen molar-refractivity contribution in [2.45, 2.75) is 57.7 Å². The molecule has 2 unspecified atom stereocenters. The number of carbonyl (C=O) groups is 1. The minimum Gasteiger partial charge on any atom is -0.355 e. The molecule has 0 aromatic rings. The molecule has 0 heterocycles. The second-order valence-corrected chi connectivity index (χ2v) is 6.96. The van der Waals surface area contributed by atoms with Gasteiger partial charge >= 0.3 is 0 Å². The molecule has 0 aliphatic heterocycles. The fourth-order valence-corrected chi connectivity index (χ4v) is 3.59. The van der Waals surface area contributed by atoms with Crippen LogP contribution in [-0.2, 0) is 4.79 Å². The van der Waals surface area contributed by atoms with Crippen LogP contribution in [0.25, 0.3) is 0 Å². The Kier molecular flexibility index (Phi) is 7.75. The van der Waals surface area contributed by atoms with Crippen LogP contribution < -0.4 is 10.6 Å². The van der Waals surface area contributed by atoms with Crippen molar-refractivity contribution in [3.05, 3.63) is 0 Å². The molecule has 2 N–H and O–H groups in total. The lowest BCUT2D eigenvalue weighted by atomic mass is 10.1. The first-order valence-electron chi connectivity index (χ1n) is 7.25. The number of thioether (sulfide) groups is 1. The molecule has 0 bridgehead atoms. The van der Waals surface area contributed by atoms with E-state index in [0.29, 0.717) is 23.8 Å². The number of rotatable bonds is 8. The second kappa shape index (κ2) is 8.81. The van der Waals surface area contributed by atoms with E-state index in [1.165, 1.54) is 25.0 Å². The number of hydrogen-bond donors (Lipinski definition) is 2. The van der Waals surface area contributed by atoms with Crippen LogP contribution in [-0.4, -0.2) is 36.0 Å². The molecule has 0 spiro atoms. The summed E-state index contributed by atoms with van der Waals surface area (Å²) in [5.74, 6) is 1.96. The van der Waals surface area contributed by atoms with Crippen LogP contribution in [0.5, 0.6) is 0 Å². The van der Waals surface area contributed by atoms with E-state index in [4.69, 9.17) is 0 Å². The zero-order chi connectivity index (χ0) is 13.4. The average Bonchev–Trinajstić information content (AvgIpc) is 2.74. The molecule has 1 amide bonds. The van der Waals surface area contributed by atoms with Crippen molar-refractivity contribution in [2.24, 2.45) is 5.92 Å². The summed E-state index contributed by atoms with van der Waals surface area (Å²) in [6.45, 7) is 7.84. The summed E-state index contributed by atoms with van der Waals surface area (Å²) >= 11 is 2.03. The molecular weight excluding hydrogens is 244 g/mol. The monoisotopic (exact) mass is 272 g/mol. The minimum atomic E-state index is 0.141. The summed E-state index contributed by atoms with van der Waals surface area (Å²) in [5.41, 5.74) is 0. The molecule has 4 heteroatoms. The van der Waals surface area contributed by atoms with E-state index in [0.717, 1.165) is 13.0 Å². The van der Waals surface area contributed by atoms with Gasteiger partial charge in [0, 0.05) is 17.8 Å². The Morgan fingerprint density at radius 3 is 2.83 bits per heavy atom. The highest BCUT2D eigenvalue weighted by Crippen LogP contribution is 2.29. The number of carbonyl (C=O) groups excluding carboxylic acids is 1. The van der Waals surface area contributed by atoms with Crippen molar-refractivity contribution in [3.63, 3.8) is 0 Å². The smallest absolute Gasteiger partial charge is 0.233 e. The van der Waals surface area contributed by atoms with Crippen LogP contribution in [0.3, 0.4) is 0 Å². The van der Waals surface area contributed by atoms with Gasteiger partial charge < -0.3 is 10.6 Å². The highest BCUT2D eigenvalue weighted by molar-refractivity contribution is 7.99. The lowest BCUT2D eigenvalue weighted by molar-refractivity contribution is -0.120. The molecule has 1 saturated carbocycles. The molecular formula is C14H28N2OS. The van der Waals surface area contributed by atoms with Crippen LogP contribution in [0, 0.1) is 5.92 Å². The second-order valence-electron chi connectivity index (χ2n) is 5.44. The standard InChI is InChI=1S/C14H28N2OS/c1-4-18-13-7-5-6-12(13)16-10-14(17)15-9-8-11(2)3/h11-13,16H,4-10H2,1-3H3,(H,15,17). The first kappa shape index (κ1) is 15.8. The fourth-order valence-electron chi connectivity index (χ4n) is 2.36. The highest BCUT2D eigenvalue weighted by atomic mass is 32.2. The van der Waals surface area contributed by atoms with Gasteiger partial charge in [-0.3, -0.25) is 4.79 Å². The van der Waals surface area contributed by atoms with E-state index in [9.17, 15) is 4.79 Å². The first-order valence-corrected chi connectivity index (χ1v) is 8.30. The van der Waals surface area contributed by atoms with Crippen molar-refractivity contribution in [2.75, 3.05) is 18.8 Å². The Labute approximate surface area is 116 Å². The van der Waals surface area contributed by atoms with Gasteiger partial charge in [-0.25, -0.2) is 0 Å². The molecule has 1 aliphatic rings. The molecule has 1 rings (SSSR count). The summed E-state index contributed by atoms with van der Waals surface area (Å²) < 4.78 is 0. The van der Waals surface area contributed by atoms with Crippen molar-refractivity contribution in [1.82, 2.24) is 10.6 Å². The molecule has 1 fully saturated rings. The highest BCUT2D eigenvalue weighted by Gasteiger charge is 2.26. The van der Waals surface area contributed by atoms with Crippen LogP contribution in [0.15, 0.2) is 0 Å². The topological polar surface area (TPSA) is 41.1 Å². The minimum absolute atomic E-state index is 0.141. The van der Waals surface area contributed by atoms with E-state index in [1.807, 2.05) is 11.8 Å². The van der Waals surface area contributed by atoms with Gasteiger partial charge in [0.15, 0.2) is 0 Å². The fraction of sp³-hybridized carbons (Fsp3) is 0.929. The number of nitrogens with one attached hydrogen (secondary N) is 2. The Morgan fingerprint density at radius 1 is 1.39 bits per heavy atom. The van der Waals surface area contributed by atoms with E-state index in [1.54, 1.807) is 0 Å². The average molecular weight is 272 g/mol. The quantitative estimate of drug-likeness (QED) is 0.713. The van der Waals surface area contributed by atoms with E-state index >= 15 is 0 Å². The van der Waals surface area contributed by atoms with Gasteiger partial charge in [-0.15, -0.1) is 0 Å². The molecule has 3 nitrogen and oxygen atoms in total. The predicted octanol–water partition coefficient (Wildman–Crippen LogP) is 2.41. The zero-order valence-electron chi connectivity index (χ0n) is 12.0. The Morgan fingerprint density at radius 2 is 2.17 bits per heavy atom. The van der Waals surface area contributed by atoms with E-state index in [-0.39, 0.29) is 5.91 Å². The van der Waals surface area contributed by atoms with E-state index < -0.39 is 0 Å². The molecule has 0 aromatic heterocycles. The largest absolute Gasteiger partial charge is 0.355 e. The summed E-state index contributed by atoms with van der Waals surface area (Å²) in [7, 11) is 0. The molecule has 0 saturated heterocycles.